The summed E-state index contributed by atoms with van der Waals surface area (Å²) in [5.74, 6) is -4.80. The van der Waals surface area contributed by atoms with E-state index in [0.29, 0.717) is 30.8 Å². The molecular formula is C32H43F5O3. The molecule has 3 nitrogen and oxygen atoms in total. The lowest BCUT2D eigenvalue weighted by atomic mass is 9.97. The largest absolute Gasteiger partial charge is 0.494 e. The molecule has 40 heavy (non-hydrogen) atoms. The Hall–Kier alpha value is -2.64. The molecule has 0 aliphatic rings. The number of ether oxygens (including phenoxy) is 2. The second-order valence-electron chi connectivity index (χ2n) is 10.3. The number of hydrogen-bond donors (Lipinski definition) is 0. The Balaban J connectivity index is 1.89. The van der Waals surface area contributed by atoms with Crippen molar-refractivity contribution in [2.45, 2.75) is 103 Å². The van der Waals surface area contributed by atoms with Crippen LogP contribution in [-0.4, -0.2) is 25.4 Å². The molecule has 0 saturated heterocycles. The molecule has 2 aromatic rings. The van der Waals surface area contributed by atoms with Gasteiger partial charge in [0.05, 0.1) is 24.7 Å². The van der Waals surface area contributed by atoms with Gasteiger partial charge < -0.3 is 9.47 Å². The molecule has 8 heteroatoms. The van der Waals surface area contributed by atoms with Crippen LogP contribution >= 0.6 is 0 Å². The summed E-state index contributed by atoms with van der Waals surface area (Å²) in [5.41, 5.74) is -0.296. The number of hydrogen-bond acceptors (Lipinski definition) is 3. The van der Waals surface area contributed by atoms with E-state index in [2.05, 4.69) is 6.92 Å². The molecule has 2 aromatic carbocycles. The Labute approximate surface area is 235 Å². The molecule has 0 spiro atoms. The van der Waals surface area contributed by atoms with E-state index in [1.165, 1.54) is 38.2 Å². The van der Waals surface area contributed by atoms with Crippen molar-refractivity contribution in [2.24, 2.45) is 5.92 Å². The Morgan fingerprint density at radius 3 is 1.95 bits per heavy atom. The molecule has 0 aromatic heterocycles. The van der Waals surface area contributed by atoms with Crippen molar-refractivity contribution in [3.8, 4) is 16.9 Å². The summed E-state index contributed by atoms with van der Waals surface area (Å²) in [4.78, 5) is 12.3. The molecule has 1 unspecified atom stereocenters. The van der Waals surface area contributed by atoms with Gasteiger partial charge in [0.15, 0.2) is 11.6 Å². The maximum atomic E-state index is 14.9. The smallest absolute Gasteiger partial charge is 0.391 e. The number of halogens is 5. The lowest BCUT2D eigenvalue weighted by Crippen LogP contribution is -2.25. The van der Waals surface area contributed by atoms with Crippen molar-refractivity contribution in [3.05, 3.63) is 53.6 Å². The predicted octanol–water partition coefficient (Wildman–Crippen LogP) is 10.5. The van der Waals surface area contributed by atoms with Gasteiger partial charge in [-0.1, -0.05) is 96.3 Å². The van der Waals surface area contributed by atoms with Crippen molar-refractivity contribution >= 4 is 5.97 Å². The molecule has 0 aliphatic heterocycles. The quantitative estimate of drug-likeness (QED) is 0.0957. The maximum Gasteiger partial charge on any atom is 0.391 e. The molecule has 0 bridgehead atoms. The third-order valence-corrected chi connectivity index (χ3v) is 7.05. The summed E-state index contributed by atoms with van der Waals surface area (Å²) in [6, 6.07) is 8.91. The fraction of sp³-hybridized carbons (Fsp3) is 0.594. The van der Waals surface area contributed by atoms with Gasteiger partial charge >= 0.3 is 12.1 Å². The minimum absolute atomic E-state index is 0.0445. The summed E-state index contributed by atoms with van der Waals surface area (Å²) in [6.45, 7) is 4.21. The Morgan fingerprint density at radius 1 is 0.725 bits per heavy atom. The molecule has 0 amide bonds. The molecule has 1 atom stereocenters. The third kappa shape index (κ3) is 11.5. The van der Waals surface area contributed by atoms with Crippen molar-refractivity contribution in [3.63, 3.8) is 0 Å². The molecule has 0 radical (unpaired) electrons. The van der Waals surface area contributed by atoms with Crippen LogP contribution in [0.15, 0.2) is 36.4 Å². The summed E-state index contributed by atoms with van der Waals surface area (Å²) < 4.78 is 80.2. The highest BCUT2D eigenvalue weighted by Gasteiger charge is 2.38. The van der Waals surface area contributed by atoms with Crippen LogP contribution in [0.2, 0.25) is 0 Å². The number of carbonyl (C=O) groups is 1. The number of unbranched alkanes of at least 4 members (excludes halogenated alkanes) is 9. The average Bonchev–Trinajstić information content (AvgIpc) is 2.92. The van der Waals surface area contributed by atoms with E-state index in [-0.39, 0.29) is 12.0 Å². The maximum absolute atomic E-state index is 14.9. The van der Waals surface area contributed by atoms with Gasteiger partial charge in [-0.2, -0.15) is 13.2 Å². The number of alkyl halides is 3. The van der Waals surface area contributed by atoms with E-state index in [1.807, 2.05) is 6.92 Å². The van der Waals surface area contributed by atoms with Crippen molar-refractivity contribution in [1.29, 1.82) is 0 Å². The van der Waals surface area contributed by atoms with Gasteiger partial charge in [0.25, 0.3) is 0 Å². The molecule has 0 fully saturated rings. The predicted molar refractivity (Wildman–Crippen MR) is 148 cm³/mol. The van der Waals surface area contributed by atoms with Gasteiger partial charge in [0.2, 0.25) is 0 Å². The second kappa shape index (κ2) is 17.9. The van der Waals surface area contributed by atoms with E-state index in [9.17, 15) is 26.7 Å². The van der Waals surface area contributed by atoms with E-state index in [1.54, 1.807) is 24.3 Å². The van der Waals surface area contributed by atoms with Crippen LogP contribution in [0.4, 0.5) is 22.0 Å². The molecule has 0 N–H and O–H groups in total. The first-order valence-electron chi connectivity index (χ1n) is 14.6. The summed E-state index contributed by atoms with van der Waals surface area (Å²) in [7, 11) is 0. The first-order valence-corrected chi connectivity index (χ1v) is 14.6. The Bertz CT molecular complexity index is 1000. The lowest BCUT2D eigenvalue weighted by Gasteiger charge is -2.20. The molecule has 0 heterocycles. The van der Waals surface area contributed by atoms with E-state index in [4.69, 9.17) is 9.47 Å². The van der Waals surface area contributed by atoms with Gasteiger partial charge in [-0.3, -0.25) is 0 Å². The highest BCUT2D eigenvalue weighted by molar-refractivity contribution is 5.90. The van der Waals surface area contributed by atoms with Crippen LogP contribution in [0.1, 0.15) is 108 Å². The summed E-state index contributed by atoms with van der Waals surface area (Å²) >= 11 is 0. The van der Waals surface area contributed by atoms with Crippen LogP contribution in [0.5, 0.6) is 5.75 Å². The fourth-order valence-electron chi connectivity index (χ4n) is 4.57. The van der Waals surface area contributed by atoms with Crippen LogP contribution in [0.3, 0.4) is 0 Å². The first kappa shape index (κ1) is 33.6. The van der Waals surface area contributed by atoms with Crippen LogP contribution in [-0.2, 0) is 4.74 Å². The van der Waals surface area contributed by atoms with Gasteiger partial charge in [-0.25, -0.2) is 13.6 Å². The Kier molecular flexibility index (Phi) is 15.0. The highest BCUT2D eigenvalue weighted by atomic mass is 19.4. The normalized spacial score (nSPS) is 12.4. The third-order valence-electron chi connectivity index (χ3n) is 7.05. The molecule has 0 aliphatic carbocycles. The fourth-order valence-corrected chi connectivity index (χ4v) is 4.57. The standard InChI is InChI=1S/C32H43F5O3/c1-3-5-7-9-10-11-13-22-39-26-17-15-24(16-18-26)27-19-20-28(30(34)29(27)33)31(38)40-23-21-25(32(35,36)37)14-12-8-6-4-2/h15-20,25H,3-14,21-23H2,1-2H3. The number of benzene rings is 2. The van der Waals surface area contributed by atoms with Gasteiger partial charge in [0, 0.05) is 5.56 Å². The van der Waals surface area contributed by atoms with E-state index >= 15 is 0 Å². The molecule has 0 saturated carbocycles. The number of rotatable bonds is 19. The summed E-state index contributed by atoms with van der Waals surface area (Å²) in [5, 5.41) is 0. The SMILES string of the molecule is CCCCCCCCCOc1ccc(-c2ccc(C(=O)OCCC(CCCCCC)C(F)(F)F)c(F)c2F)cc1. The zero-order valence-electron chi connectivity index (χ0n) is 23.8. The summed E-state index contributed by atoms with van der Waals surface area (Å²) in [6.07, 6.45) is 6.24. The molecule has 2 rings (SSSR count). The van der Waals surface area contributed by atoms with E-state index < -0.39 is 48.3 Å². The lowest BCUT2D eigenvalue weighted by molar-refractivity contribution is -0.180. The zero-order chi connectivity index (χ0) is 29.4. The van der Waals surface area contributed by atoms with Gasteiger partial charge in [0.1, 0.15) is 5.75 Å². The second-order valence-corrected chi connectivity index (χ2v) is 10.3. The molecular weight excluding hydrogens is 527 g/mol. The minimum Gasteiger partial charge on any atom is -0.494 e. The topological polar surface area (TPSA) is 35.5 Å². The van der Waals surface area contributed by atoms with Gasteiger partial charge in [-0.15, -0.1) is 0 Å². The van der Waals surface area contributed by atoms with Crippen molar-refractivity contribution < 1.29 is 36.2 Å². The van der Waals surface area contributed by atoms with Crippen molar-refractivity contribution in [2.75, 3.05) is 13.2 Å². The first-order chi connectivity index (χ1) is 19.2. The Morgan fingerprint density at radius 2 is 1.32 bits per heavy atom. The number of esters is 1. The van der Waals surface area contributed by atoms with E-state index in [0.717, 1.165) is 31.7 Å². The van der Waals surface area contributed by atoms with Crippen LogP contribution < -0.4 is 4.74 Å². The van der Waals surface area contributed by atoms with Crippen molar-refractivity contribution in [1.82, 2.24) is 0 Å². The monoisotopic (exact) mass is 570 g/mol. The number of carbonyl (C=O) groups excluding carboxylic acids is 1. The average molecular weight is 571 g/mol. The zero-order valence-corrected chi connectivity index (χ0v) is 23.8. The van der Waals surface area contributed by atoms with Crippen LogP contribution in [0.25, 0.3) is 11.1 Å². The van der Waals surface area contributed by atoms with Gasteiger partial charge in [-0.05, 0) is 43.0 Å². The molecule has 224 valence electrons. The van der Waals surface area contributed by atoms with Crippen LogP contribution in [0, 0.1) is 17.6 Å². The highest BCUT2D eigenvalue weighted by Crippen LogP contribution is 2.33. The minimum atomic E-state index is -4.41.